The summed E-state index contributed by atoms with van der Waals surface area (Å²) in [7, 11) is 0. The molecule has 1 aromatic rings. The summed E-state index contributed by atoms with van der Waals surface area (Å²) in [5.74, 6) is 1.04. The first-order chi connectivity index (χ1) is 13.2. The molecular formula is C20H26F2N2O3S. The van der Waals surface area contributed by atoms with Crippen LogP contribution in [-0.2, 0) is 16.0 Å². The van der Waals surface area contributed by atoms with Gasteiger partial charge in [-0.3, -0.25) is 9.59 Å². The lowest BCUT2D eigenvalue weighted by molar-refractivity contribution is -0.144. The number of nitrogens with one attached hydrogen (secondary N) is 1. The minimum atomic E-state index is -2.86. The number of carbonyl (C=O) groups excluding carboxylic acids is 2. The van der Waals surface area contributed by atoms with Crippen LogP contribution in [0.5, 0.6) is 5.75 Å². The number of fused-ring (bicyclic) bond motifs is 1. The fourth-order valence-corrected chi connectivity index (χ4v) is 4.83. The summed E-state index contributed by atoms with van der Waals surface area (Å²) in [6.07, 6.45) is 2.39. The van der Waals surface area contributed by atoms with Crippen LogP contribution in [0.1, 0.15) is 50.8 Å². The van der Waals surface area contributed by atoms with Gasteiger partial charge >= 0.3 is 6.61 Å². The number of amides is 2. The summed E-state index contributed by atoms with van der Waals surface area (Å²) in [6.45, 7) is 2.69. The SMILES string of the molecule is CC(C)(C)C(=O)N1CSCC1C(=O)NC1CCCc2cc(OC(F)F)ccc21. The van der Waals surface area contributed by atoms with E-state index in [0.717, 1.165) is 30.4 Å². The second-order valence-corrected chi connectivity index (χ2v) is 9.23. The molecule has 2 aliphatic rings. The minimum absolute atomic E-state index is 0.0320. The Morgan fingerprint density at radius 3 is 2.75 bits per heavy atom. The first kappa shape index (κ1) is 20.9. The molecule has 0 bridgehead atoms. The number of hydrogen-bond acceptors (Lipinski definition) is 4. The van der Waals surface area contributed by atoms with E-state index in [4.69, 9.17) is 0 Å². The second-order valence-electron chi connectivity index (χ2n) is 8.23. The molecule has 2 amide bonds. The average molecular weight is 413 g/mol. The van der Waals surface area contributed by atoms with Gasteiger partial charge in [-0.05, 0) is 42.5 Å². The lowest BCUT2D eigenvalue weighted by Crippen LogP contribution is -2.51. The number of benzene rings is 1. The molecule has 3 rings (SSSR count). The molecule has 2 atom stereocenters. The van der Waals surface area contributed by atoms with Crippen molar-refractivity contribution in [2.75, 3.05) is 11.6 Å². The molecule has 5 nitrogen and oxygen atoms in total. The number of aryl methyl sites for hydroxylation is 1. The molecule has 154 valence electrons. The third kappa shape index (κ3) is 4.59. The maximum Gasteiger partial charge on any atom is 0.387 e. The second kappa shape index (κ2) is 8.27. The maximum atomic E-state index is 12.9. The van der Waals surface area contributed by atoms with Gasteiger partial charge < -0.3 is 15.0 Å². The molecule has 1 aliphatic carbocycles. The largest absolute Gasteiger partial charge is 0.435 e. The number of alkyl halides is 2. The molecule has 1 saturated heterocycles. The fraction of sp³-hybridized carbons (Fsp3) is 0.600. The Hall–Kier alpha value is -1.83. The quantitative estimate of drug-likeness (QED) is 0.819. The normalized spacial score (nSPS) is 22.1. The molecule has 1 aromatic carbocycles. The van der Waals surface area contributed by atoms with Crippen LogP contribution >= 0.6 is 11.8 Å². The Labute approximate surface area is 168 Å². The van der Waals surface area contributed by atoms with Gasteiger partial charge in [0.2, 0.25) is 11.8 Å². The molecule has 1 N–H and O–H groups in total. The van der Waals surface area contributed by atoms with Crippen molar-refractivity contribution in [2.45, 2.75) is 58.7 Å². The van der Waals surface area contributed by atoms with Crippen LogP contribution in [0.15, 0.2) is 18.2 Å². The maximum absolute atomic E-state index is 12.9. The third-order valence-corrected chi connectivity index (χ3v) is 6.07. The van der Waals surface area contributed by atoms with E-state index in [9.17, 15) is 18.4 Å². The van der Waals surface area contributed by atoms with Crippen molar-refractivity contribution in [1.29, 1.82) is 0 Å². The van der Waals surface area contributed by atoms with Gasteiger partial charge in [0.1, 0.15) is 11.8 Å². The molecule has 2 unspecified atom stereocenters. The van der Waals surface area contributed by atoms with Gasteiger partial charge in [-0.25, -0.2) is 0 Å². The van der Waals surface area contributed by atoms with Gasteiger partial charge in [-0.2, -0.15) is 8.78 Å². The van der Waals surface area contributed by atoms with Crippen LogP contribution in [0.4, 0.5) is 8.78 Å². The molecular weight excluding hydrogens is 386 g/mol. The van der Waals surface area contributed by atoms with Crippen LogP contribution in [0.2, 0.25) is 0 Å². The first-order valence-electron chi connectivity index (χ1n) is 9.43. The van der Waals surface area contributed by atoms with Crippen molar-refractivity contribution in [3.8, 4) is 5.75 Å². The summed E-state index contributed by atoms with van der Waals surface area (Å²) in [5, 5.41) is 3.08. The number of carbonyl (C=O) groups is 2. The molecule has 0 saturated carbocycles. The van der Waals surface area contributed by atoms with E-state index >= 15 is 0 Å². The van der Waals surface area contributed by atoms with E-state index in [1.54, 1.807) is 28.8 Å². The monoisotopic (exact) mass is 412 g/mol. The standard InChI is InChI=1S/C20H26F2N2O3S/c1-20(2,3)18(26)24-11-28-10-16(24)17(25)23-15-6-4-5-12-9-13(27-19(21)22)7-8-14(12)15/h7-9,15-16,19H,4-6,10-11H2,1-3H3,(H,23,25). The summed E-state index contributed by atoms with van der Waals surface area (Å²) < 4.78 is 29.4. The summed E-state index contributed by atoms with van der Waals surface area (Å²) in [6, 6.07) is 4.22. The topological polar surface area (TPSA) is 58.6 Å². The number of rotatable bonds is 4. The van der Waals surface area contributed by atoms with Gasteiger partial charge in [0.15, 0.2) is 0 Å². The lowest BCUT2D eigenvalue weighted by Gasteiger charge is -2.32. The number of ether oxygens (including phenoxy) is 1. The van der Waals surface area contributed by atoms with Crippen molar-refractivity contribution in [1.82, 2.24) is 10.2 Å². The van der Waals surface area contributed by atoms with Crippen LogP contribution in [0, 0.1) is 5.41 Å². The molecule has 8 heteroatoms. The smallest absolute Gasteiger partial charge is 0.387 e. The molecule has 1 fully saturated rings. The molecule has 1 heterocycles. The average Bonchev–Trinajstić information content (AvgIpc) is 3.09. The Balaban J connectivity index is 1.72. The van der Waals surface area contributed by atoms with Gasteiger partial charge in [0.25, 0.3) is 0 Å². The fourth-order valence-electron chi connectivity index (χ4n) is 3.68. The first-order valence-corrected chi connectivity index (χ1v) is 10.6. The predicted molar refractivity (Wildman–Crippen MR) is 104 cm³/mol. The molecule has 1 aliphatic heterocycles. The number of nitrogens with zero attached hydrogens (tertiary/aromatic N) is 1. The highest BCUT2D eigenvalue weighted by Crippen LogP contribution is 2.34. The van der Waals surface area contributed by atoms with E-state index in [2.05, 4.69) is 10.1 Å². The Morgan fingerprint density at radius 2 is 2.07 bits per heavy atom. The zero-order valence-electron chi connectivity index (χ0n) is 16.3. The Morgan fingerprint density at radius 1 is 1.32 bits per heavy atom. The molecule has 28 heavy (non-hydrogen) atoms. The van der Waals surface area contributed by atoms with Crippen LogP contribution in [0.25, 0.3) is 0 Å². The predicted octanol–water partition coefficient (Wildman–Crippen LogP) is 3.73. The van der Waals surface area contributed by atoms with E-state index < -0.39 is 18.1 Å². The van der Waals surface area contributed by atoms with E-state index in [0.29, 0.717) is 11.6 Å². The Bertz CT molecular complexity index is 751. The minimum Gasteiger partial charge on any atom is -0.435 e. The van der Waals surface area contributed by atoms with Gasteiger partial charge in [-0.15, -0.1) is 11.8 Å². The van der Waals surface area contributed by atoms with Gasteiger partial charge in [0.05, 0.1) is 11.9 Å². The van der Waals surface area contributed by atoms with E-state index in [1.807, 2.05) is 20.8 Å². The van der Waals surface area contributed by atoms with E-state index in [-0.39, 0.29) is 23.6 Å². The van der Waals surface area contributed by atoms with Crippen molar-refractivity contribution in [3.63, 3.8) is 0 Å². The zero-order chi connectivity index (χ0) is 20.5. The Kier molecular flexibility index (Phi) is 6.17. The number of thioether (sulfide) groups is 1. The summed E-state index contributed by atoms with van der Waals surface area (Å²) in [5.41, 5.74) is 1.31. The van der Waals surface area contributed by atoms with Crippen molar-refractivity contribution in [2.24, 2.45) is 5.41 Å². The van der Waals surface area contributed by atoms with Crippen molar-refractivity contribution >= 4 is 23.6 Å². The van der Waals surface area contributed by atoms with Gasteiger partial charge in [0, 0.05) is 11.2 Å². The lowest BCUT2D eigenvalue weighted by atomic mass is 9.87. The molecule has 0 spiro atoms. The number of hydrogen-bond donors (Lipinski definition) is 1. The van der Waals surface area contributed by atoms with Gasteiger partial charge in [-0.1, -0.05) is 26.8 Å². The van der Waals surface area contributed by atoms with Crippen molar-refractivity contribution in [3.05, 3.63) is 29.3 Å². The van der Waals surface area contributed by atoms with Crippen LogP contribution < -0.4 is 10.1 Å². The zero-order valence-corrected chi connectivity index (χ0v) is 17.2. The summed E-state index contributed by atoms with van der Waals surface area (Å²) >= 11 is 1.58. The summed E-state index contributed by atoms with van der Waals surface area (Å²) in [4.78, 5) is 27.2. The van der Waals surface area contributed by atoms with E-state index in [1.165, 1.54) is 6.07 Å². The molecule has 0 aromatic heterocycles. The highest BCUT2D eigenvalue weighted by molar-refractivity contribution is 7.99. The van der Waals surface area contributed by atoms with Crippen LogP contribution in [0.3, 0.4) is 0 Å². The highest BCUT2D eigenvalue weighted by atomic mass is 32.2. The molecule has 0 radical (unpaired) electrons. The van der Waals surface area contributed by atoms with Crippen LogP contribution in [-0.4, -0.2) is 41.0 Å². The third-order valence-electron chi connectivity index (χ3n) is 5.06. The number of halogens is 2. The van der Waals surface area contributed by atoms with Crippen molar-refractivity contribution < 1.29 is 23.1 Å². The highest BCUT2D eigenvalue weighted by Gasteiger charge is 2.39.